The second-order valence-electron chi connectivity index (χ2n) is 7.99. The molecule has 9 heteroatoms. The first-order chi connectivity index (χ1) is 16.0. The minimum Gasteiger partial charge on any atom is -0.415 e. The average Bonchev–Trinajstić information content (AvgIpc) is 3.36. The van der Waals surface area contributed by atoms with Crippen LogP contribution in [0.15, 0.2) is 70.1 Å². The number of aryl methyl sites for hydroxylation is 1. The molecule has 168 valence electrons. The Morgan fingerprint density at radius 3 is 2.33 bits per heavy atom. The molecule has 8 nitrogen and oxygen atoms in total. The zero-order valence-corrected chi connectivity index (χ0v) is 18.9. The van der Waals surface area contributed by atoms with Crippen molar-refractivity contribution in [2.75, 3.05) is 13.1 Å². The molecular weight excluding hydrogens is 438 g/mol. The molecule has 0 saturated carbocycles. The van der Waals surface area contributed by atoms with Gasteiger partial charge in [-0.25, -0.2) is 13.4 Å². The lowest BCUT2D eigenvalue weighted by molar-refractivity contribution is 0.496. The highest BCUT2D eigenvalue weighted by molar-refractivity contribution is 7.92. The van der Waals surface area contributed by atoms with Crippen LogP contribution in [-0.2, 0) is 9.84 Å². The molecule has 4 aromatic rings. The molecule has 0 radical (unpaired) electrons. The molecule has 0 unspecified atom stereocenters. The largest absolute Gasteiger partial charge is 0.415 e. The van der Waals surface area contributed by atoms with Crippen molar-refractivity contribution in [1.29, 1.82) is 0 Å². The van der Waals surface area contributed by atoms with Crippen molar-refractivity contribution in [2.45, 2.75) is 29.9 Å². The highest BCUT2D eigenvalue weighted by Gasteiger charge is 2.28. The number of benzene rings is 2. The van der Waals surface area contributed by atoms with Gasteiger partial charge in [-0.05, 0) is 57.1 Å². The normalized spacial score (nSPS) is 14.9. The summed E-state index contributed by atoms with van der Waals surface area (Å²) < 4.78 is 31.8. The minimum atomic E-state index is -3.35. The fraction of sp³-hybridized carbons (Fsp3) is 0.250. The van der Waals surface area contributed by atoms with Gasteiger partial charge in [-0.15, -0.1) is 10.2 Å². The molecule has 0 atom stereocenters. The molecular formula is C24H23N5O3S. The Morgan fingerprint density at radius 2 is 1.61 bits per heavy atom. The van der Waals surface area contributed by atoms with E-state index in [1.54, 1.807) is 30.5 Å². The van der Waals surface area contributed by atoms with Gasteiger partial charge in [0.1, 0.15) is 5.69 Å². The van der Waals surface area contributed by atoms with Crippen LogP contribution in [-0.4, -0.2) is 46.9 Å². The number of rotatable bonds is 5. The number of aromatic nitrogens is 4. The van der Waals surface area contributed by atoms with Crippen LogP contribution in [0, 0.1) is 6.92 Å². The van der Waals surface area contributed by atoms with Crippen LogP contribution in [0.5, 0.6) is 0 Å². The minimum absolute atomic E-state index is 0.283. The summed E-state index contributed by atoms with van der Waals surface area (Å²) in [6.07, 6.45) is 2.92. The third kappa shape index (κ3) is 4.29. The molecule has 2 aromatic carbocycles. The lowest BCUT2D eigenvalue weighted by Crippen LogP contribution is -2.35. The van der Waals surface area contributed by atoms with Gasteiger partial charge >= 0.3 is 0 Å². The highest BCUT2D eigenvalue weighted by Crippen LogP contribution is 2.28. The van der Waals surface area contributed by atoms with E-state index < -0.39 is 9.84 Å². The van der Waals surface area contributed by atoms with Gasteiger partial charge in [0, 0.05) is 11.1 Å². The molecule has 1 N–H and O–H groups in total. The summed E-state index contributed by atoms with van der Waals surface area (Å²) >= 11 is 0. The van der Waals surface area contributed by atoms with Crippen LogP contribution < -0.4 is 5.32 Å². The summed E-state index contributed by atoms with van der Waals surface area (Å²) in [6.45, 7) is 3.28. The number of nitrogens with zero attached hydrogens (tertiary/aromatic N) is 4. The van der Waals surface area contributed by atoms with E-state index in [9.17, 15) is 8.42 Å². The van der Waals surface area contributed by atoms with Gasteiger partial charge in [0.05, 0.1) is 27.7 Å². The molecule has 2 aromatic heterocycles. The monoisotopic (exact) mass is 461 g/mol. The Morgan fingerprint density at radius 1 is 0.909 bits per heavy atom. The van der Waals surface area contributed by atoms with Gasteiger partial charge < -0.3 is 9.73 Å². The van der Waals surface area contributed by atoms with E-state index in [4.69, 9.17) is 4.42 Å². The number of hydrogen-bond acceptors (Lipinski definition) is 8. The maximum atomic E-state index is 13.0. The molecule has 1 aliphatic heterocycles. The molecule has 0 spiro atoms. The van der Waals surface area contributed by atoms with E-state index in [-0.39, 0.29) is 11.1 Å². The Balaban J connectivity index is 1.43. The van der Waals surface area contributed by atoms with Crippen molar-refractivity contribution in [3.8, 4) is 34.3 Å². The molecule has 5 rings (SSSR count). The van der Waals surface area contributed by atoms with Crippen LogP contribution in [0.3, 0.4) is 0 Å². The third-order valence-electron chi connectivity index (χ3n) is 5.81. The van der Waals surface area contributed by atoms with Crippen LogP contribution in [0.4, 0.5) is 0 Å². The van der Waals surface area contributed by atoms with Crippen LogP contribution in [0.2, 0.25) is 0 Å². The van der Waals surface area contributed by atoms with Gasteiger partial charge in [-0.2, -0.15) is 0 Å². The average molecular weight is 462 g/mol. The van der Waals surface area contributed by atoms with Crippen molar-refractivity contribution in [3.63, 3.8) is 0 Å². The standard InChI is InChI=1S/C24H23N5O3S/c1-16-22(24-29-28-23(32-24)18-5-3-2-4-6-18)27-21(15-26-16)17-7-9-19(10-8-17)33(30,31)20-11-13-25-14-12-20/h2-10,15,20,25H,11-14H2,1H3. The second kappa shape index (κ2) is 8.84. The number of piperidine rings is 1. The van der Waals surface area contributed by atoms with E-state index in [0.717, 1.165) is 24.2 Å². The van der Waals surface area contributed by atoms with Gasteiger partial charge in [0.15, 0.2) is 9.84 Å². The fourth-order valence-electron chi connectivity index (χ4n) is 3.92. The van der Waals surface area contributed by atoms with Crippen molar-refractivity contribution >= 4 is 9.84 Å². The number of nitrogens with one attached hydrogen (secondary N) is 1. The van der Waals surface area contributed by atoms with Crippen LogP contribution >= 0.6 is 0 Å². The van der Waals surface area contributed by atoms with E-state index in [1.807, 2.05) is 37.3 Å². The van der Waals surface area contributed by atoms with Crippen molar-refractivity contribution in [2.24, 2.45) is 0 Å². The van der Waals surface area contributed by atoms with E-state index in [2.05, 4.69) is 25.5 Å². The molecule has 3 heterocycles. The molecule has 1 saturated heterocycles. The highest BCUT2D eigenvalue weighted by atomic mass is 32.2. The van der Waals surface area contributed by atoms with Gasteiger partial charge in [0.2, 0.25) is 5.89 Å². The first-order valence-electron chi connectivity index (χ1n) is 10.8. The molecule has 0 amide bonds. The summed E-state index contributed by atoms with van der Waals surface area (Å²) in [5.74, 6) is 0.690. The second-order valence-corrected chi connectivity index (χ2v) is 10.2. The Bertz CT molecular complexity index is 1360. The Kier molecular flexibility index (Phi) is 5.74. The summed E-state index contributed by atoms with van der Waals surface area (Å²) in [5.41, 5.74) is 3.33. The zero-order valence-electron chi connectivity index (χ0n) is 18.1. The van der Waals surface area contributed by atoms with Gasteiger partial charge in [0.25, 0.3) is 5.89 Å². The topological polar surface area (TPSA) is 111 Å². The quantitative estimate of drug-likeness (QED) is 0.479. The molecule has 1 aliphatic rings. The maximum Gasteiger partial charge on any atom is 0.268 e. The molecule has 1 fully saturated rings. The third-order valence-corrected chi connectivity index (χ3v) is 8.09. The molecule has 0 bridgehead atoms. The van der Waals surface area contributed by atoms with E-state index in [0.29, 0.717) is 40.7 Å². The predicted octanol–water partition coefficient (Wildman–Crippen LogP) is 3.69. The van der Waals surface area contributed by atoms with Crippen LogP contribution in [0.25, 0.3) is 34.3 Å². The SMILES string of the molecule is Cc1ncc(-c2ccc(S(=O)(=O)C3CCNCC3)cc2)nc1-c1nnc(-c2ccccc2)o1. The molecule has 33 heavy (non-hydrogen) atoms. The number of hydrogen-bond donors (Lipinski definition) is 1. The maximum absolute atomic E-state index is 13.0. The predicted molar refractivity (Wildman–Crippen MR) is 124 cm³/mol. The van der Waals surface area contributed by atoms with E-state index in [1.165, 1.54) is 0 Å². The first-order valence-corrected chi connectivity index (χ1v) is 12.3. The first kappa shape index (κ1) is 21.4. The lowest BCUT2D eigenvalue weighted by Gasteiger charge is -2.22. The van der Waals surface area contributed by atoms with Crippen molar-refractivity contribution in [3.05, 3.63) is 66.5 Å². The smallest absolute Gasteiger partial charge is 0.268 e. The summed E-state index contributed by atoms with van der Waals surface area (Å²) in [4.78, 5) is 9.46. The summed E-state index contributed by atoms with van der Waals surface area (Å²) in [6, 6.07) is 16.3. The molecule has 0 aliphatic carbocycles. The lowest BCUT2D eigenvalue weighted by atomic mass is 10.1. The summed E-state index contributed by atoms with van der Waals surface area (Å²) in [5, 5.41) is 11.2. The van der Waals surface area contributed by atoms with Crippen LogP contribution in [0.1, 0.15) is 18.5 Å². The van der Waals surface area contributed by atoms with Crippen molar-refractivity contribution in [1.82, 2.24) is 25.5 Å². The fourth-order valence-corrected chi connectivity index (χ4v) is 5.68. The Labute approximate surface area is 192 Å². The zero-order chi connectivity index (χ0) is 22.8. The van der Waals surface area contributed by atoms with E-state index >= 15 is 0 Å². The number of sulfone groups is 1. The van der Waals surface area contributed by atoms with Gasteiger partial charge in [-0.3, -0.25) is 4.98 Å². The Hall–Kier alpha value is -3.43. The summed E-state index contributed by atoms with van der Waals surface area (Å²) in [7, 11) is -3.35. The van der Waals surface area contributed by atoms with Crippen molar-refractivity contribution < 1.29 is 12.8 Å². The van der Waals surface area contributed by atoms with Gasteiger partial charge in [-0.1, -0.05) is 30.3 Å².